The van der Waals surface area contributed by atoms with Crippen LogP contribution in [0.4, 0.5) is 4.53 Å². The SMILES string of the molecule is C.C1CC1.CC.CCC(O)[C@](C)(O)[C@@H](CC)OC(=O)C(C)C[C@H](C)C[C@H](C[C@@H](C)CN(C)CCCNCCC#N)OF.CCC1CC(C)OC(O)C1. The number of ether oxygens (including phenoxy) is 2. The van der Waals surface area contributed by atoms with Crippen LogP contribution in [0.2, 0.25) is 0 Å². The monoisotopic (exact) mass is 750 g/mol. The van der Waals surface area contributed by atoms with Crippen molar-refractivity contribution in [2.24, 2.45) is 23.7 Å². The average Bonchev–Trinajstić information content (AvgIpc) is 3.98. The Morgan fingerprint density at radius 1 is 1.06 bits per heavy atom. The first-order valence-corrected chi connectivity index (χ1v) is 20.1. The molecule has 312 valence electrons. The molecule has 1 aliphatic heterocycles. The second-order valence-electron chi connectivity index (χ2n) is 15.0. The van der Waals surface area contributed by atoms with Crippen molar-refractivity contribution in [2.75, 3.05) is 33.2 Å². The minimum atomic E-state index is -1.52. The predicted octanol–water partition coefficient (Wildman–Crippen LogP) is 8.37. The van der Waals surface area contributed by atoms with E-state index in [0.29, 0.717) is 51.0 Å². The second-order valence-corrected chi connectivity index (χ2v) is 15.0. The Hall–Kier alpha value is -1.39. The van der Waals surface area contributed by atoms with Gasteiger partial charge in [0.2, 0.25) is 0 Å². The fraction of sp³-hybridized carbons (Fsp3) is 0.951. The van der Waals surface area contributed by atoms with Gasteiger partial charge in [-0.2, -0.15) is 10.2 Å². The molecule has 2 fully saturated rings. The molecule has 0 amide bonds. The van der Waals surface area contributed by atoms with Crippen molar-refractivity contribution in [3.63, 3.8) is 0 Å². The molecule has 1 heterocycles. The molecule has 10 atom stereocenters. The van der Waals surface area contributed by atoms with E-state index in [0.717, 1.165) is 45.3 Å². The van der Waals surface area contributed by atoms with Gasteiger partial charge < -0.3 is 35.0 Å². The average molecular weight is 750 g/mol. The number of hydrogen-bond donors (Lipinski definition) is 4. The molecule has 0 bridgehead atoms. The Kier molecular flexibility index (Phi) is 34.9. The topological polar surface area (TPSA) is 145 Å². The van der Waals surface area contributed by atoms with Crippen LogP contribution in [0.25, 0.3) is 0 Å². The summed E-state index contributed by atoms with van der Waals surface area (Å²) in [5, 5.41) is 41.7. The van der Waals surface area contributed by atoms with E-state index in [9.17, 15) is 19.5 Å². The van der Waals surface area contributed by atoms with Crippen molar-refractivity contribution in [3.05, 3.63) is 0 Å². The van der Waals surface area contributed by atoms with Crippen LogP contribution in [-0.4, -0.2) is 95.7 Å². The van der Waals surface area contributed by atoms with E-state index in [1.807, 2.05) is 34.7 Å². The Balaban J connectivity index is -0.00000123. The van der Waals surface area contributed by atoms with Crippen LogP contribution >= 0.6 is 0 Å². The molecule has 0 aromatic heterocycles. The van der Waals surface area contributed by atoms with Gasteiger partial charge in [-0.05, 0) is 101 Å². The van der Waals surface area contributed by atoms with E-state index in [-0.39, 0.29) is 25.4 Å². The summed E-state index contributed by atoms with van der Waals surface area (Å²) in [5.74, 6) is 0.106. The number of carbonyl (C=O) groups is 1. The molecule has 1 aliphatic carbocycles. The molecule has 52 heavy (non-hydrogen) atoms. The number of rotatable bonds is 22. The number of hydrogen-bond acceptors (Lipinski definition) is 10. The highest BCUT2D eigenvalue weighted by molar-refractivity contribution is 5.72. The molecule has 2 rings (SSSR count). The minimum absolute atomic E-state index is 0. The summed E-state index contributed by atoms with van der Waals surface area (Å²) < 4.78 is 24.1. The summed E-state index contributed by atoms with van der Waals surface area (Å²) in [6.45, 7) is 22.4. The number of nitrogens with one attached hydrogen (secondary N) is 1. The van der Waals surface area contributed by atoms with Gasteiger partial charge in [0.25, 0.3) is 0 Å². The number of esters is 1. The molecule has 0 aromatic carbocycles. The van der Waals surface area contributed by atoms with Crippen LogP contribution in [-0.2, 0) is 19.2 Å². The summed E-state index contributed by atoms with van der Waals surface area (Å²) in [4.78, 5) is 19.2. The highest BCUT2D eigenvalue weighted by Gasteiger charge is 2.40. The van der Waals surface area contributed by atoms with Crippen molar-refractivity contribution in [1.82, 2.24) is 10.2 Å². The van der Waals surface area contributed by atoms with E-state index in [4.69, 9.17) is 19.8 Å². The van der Waals surface area contributed by atoms with E-state index in [1.54, 1.807) is 20.8 Å². The first kappa shape index (κ1) is 55.0. The first-order chi connectivity index (χ1) is 24.1. The summed E-state index contributed by atoms with van der Waals surface area (Å²) >= 11 is 0. The Morgan fingerprint density at radius 3 is 2.13 bits per heavy atom. The maximum absolute atomic E-state index is 13.3. The standard InChI is InChI=1S/C27H52FN3O5.C8H16O2.C3H6.C2H6.CH4/c1-8-24(32)27(6,34)25(9-2)35-26(33)22(5)16-20(3)17-23(36-28)18-21(4)19-31(7)15-11-14-30-13-10-12-29;1-3-7-4-6(2)10-8(9)5-7;1-2-3-1;1-2;/h20-25,30,32,34H,8-11,13-19H2,1-7H3;6-9H,3-5H2,1-2H3;1-3H2;1-2H3;1H4/t20-,21+,22?,23+,24?,25+,27-;;;;/m0..../s1. The lowest BCUT2D eigenvalue weighted by atomic mass is 9.88. The lowest BCUT2D eigenvalue weighted by Gasteiger charge is -2.36. The van der Waals surface area contributed by atoms with Gasteiger partial charge in [-0.3, -0.25) is 4.79 Å². The molecule has 5 unspecified atom stereocenters. The molecule has 0 radical (unpaired) electrons. The largest absolute Gasteiger partial charge is 0.459 e. The molecule has 1 saturated carbocycles. The highest BCUT2D eigenvalue weighted by Crippen LogP contribution is 2.28. The number of halogens is 1. The maximum atomic E-state index is 13.3. The van der Waals surface area contributed by atoms with Crippen LogP contribution < -0.4 is 5.32 Å². The van der Waals surface area contributed by atoms with Gasteiger partial charge >= 0.3 is 5.97 Å². The van der Waals surface area contributed by atoms with Gasteiger partial charge in [0, 0.05) is 25.9 Å². The molecular formula is C41H84FN3O7. The zero-order valence-electron chi connectivity index (χ0n) is 34.5. The lowest BCUT2D eigenvalue weighted by molar-refractivity contribution is -0.191. The van der Waals surface area contributed by atoms with Gasteiger partial charge in [-0.1, -0.05) is 88.5 Å². The second kappa shape index (κ2) is 33.0. The molecule has 10 nitrogen and oxygen atoms in total. The summed E-state index contributed by atoms with van der Waals surface area (Å²) in [7, 11) is 2.05. The van der Waals surface area contributed by atoms with E-state index in [2.05, 4.69) is 35.1 Å². The summed E-state index contributed by atoms with van der Waals surface area (Å²) in [6.07, 6.45) is 8.83. The number of aliphatic hydroxyl groups is 3. The van der Waals surface area contributed by atoms with Crippen LogP contribution in [0.3, 0.4) is 0 Å². The Morgan fingerprint density at radius 2 is 1.65 bits per heavy atom. The van der Waals surface area contributed by atoms with E-state index >= 15 is 0 Å². The smallest absolute Gasteiger partial charge is 0.309 e. The summed E-state index contributed by atoms with van der Waals surface area (Å²) in [6, 6.07) is 2.11. The number of carbonyl (C=O) groups excluding carboxylic acids is 1. The van der Waals surface area contributed by atoms with Gasteiger partial charge in [0.1, 0.15) is 11.7 Å². The highest BCUT2D eigenvalue weighted by atomic mass is 19.3. The van der Waals surface area contributed by atoms with Gasteiger partial charge in [-0.25, -0.2) is 0 Å². The minimum Gasteiger partial charge on any atom is -0.459 e. The maximum Gasteiger partial charge on any atom is 0.309 e. The Labute approximate surface area is 319 Å². The quantitative estimate of drug-likeness (QED) is 0.0630. The molecule has 0 aromatic rings. The van der Waals surface area contributed by atoms with Crippen LogP contribution in [0, 0.1) is 35.0 Å². The fourth-order valence-electron chi connectivity index (χ4n) is 6.37. The van der Waals surface area contributed by atoms with Gasteiger partial charge in [-0.15, -0.1) is 0 Å². The van der Waals surface area contributed by atoms with Crippen molar-refractivity contribution < 1.29 is 39.1 Å². The molecule has 1 saturated heterocycles. The fourth-order valence-corrected chi connectivity index (χ4v) is 6.37. The van der Waals surface area contributed by atoms with Crippen molar-refractivity contribution in [1.29, 1.82) is 5.26 Å². The molecular weight excluding hydrogens is 665 g/mol. The zero-order valence-corrected chi connectivity index (χ0v) is 34.5. The van der Waals surface area contributed by atoms with Crippen molar-refractivity contribution in [2.45, 2.75) is 196 Å². The van der Waals surface area contributed by atoms with Crippen LogP contribution in [0.15, 0.2) is 0 Å². The zero-order chi connectivity index (χ0) is 39.4. The third kappa shape index (κ3) is 27.2. The number of nitrogens with zero attached hydrogens (tertiary/aromatic N) is 2. The first-order valence-electron chi connectivity index (χ1n) is 20.1. The summed E-state index contributed by atoms with van der Waals surface area (Å²) in [5.41, 5.74) is -1.52. The van der Waals surface area contributed by atoms with Gasteiger partial charge in [0.15, 0.2) is 6.29 Å². The molecule has 2 aliphatic rings. The van der Waals surface area contributed by atoms with Crippen LogP contribution in [0.5, 0.6) is 0 Å². The lowest BCUT2D eigenvalue weighted by Crippen LogP contribution is -2.51. The third-order valence-corrected chi connectivity index (χ3v) is 9.41. The Bertz CT molecular complexity index is 863. The van der Waals surface area contributed by atoms with Crippen molar-refractivity contribution in [3.8, 4) is 6.07 Å². The molecule has 11 heteroatoms. The molecule has 4 N–H and O–H groups in total. The van der Waals surface area contributed by atoms with E-state index in [1.165, 1.54) is 26.2 Å². The molecule has 0 spiro atoms. The van der Waals surface area contributed by atoms with E-state index < -0.39 is 42.1 Å². The third-order valence-electron chi connectivity index (χ3n) is 9.41. The number of nitriles is 1. The van der Waals surface area contributed by atoms with Crippen molar-refractivity contribution >= 4 is 5.97 Å². The number of aliphatic hydroxyl groups excluding tert-OH is 2. The normalized spacial score (nSPS) is 22.3. The van der Waals surface area contributed by atoms with Gasteiger partial charge in [0.05, 0.1) is 30.3 Å². The van der Waals surface area contributed by atoms with Crippen LogP contribution in [0.1, 0.15) is 160 Å². The predicted molar refractivity (Wildman–Crippen MR) is 211 cm³/mol.